The first kappa shape index (κ1) is 21.2. The Balaban J connectivity index is 1.72. The maximum Gasteiger partial charge on any atom is 0.296 e. The lowest BCUT2D eigenvalue weighted by molar-refractivity contribution is -0.384. The second kappa shape index (κ2) is 9.83. The van der Waals surface area contributed by atoms with Crippen LogP contribution in [-0.4, -0.2) is 43.4 Å². The Kier molecular flexibility index (Phi) is 6.96. The Morgan fingerprint density at radius 1 is 1.27 bits per heavy atom. The van der Waals surface area contributed by atoms with E-state index in [1.807, 2.05) is 23.6 Å². The zero-order chi connectivity index (χ0) is 21.5. The van der Waals surface area contributed by atoms with E-state index >= 15 is 0 Å². The van der Waals surface area contributed by atoms with Crippen molar-refractivity contribution in [3.63, 3.8) is 0 Å². The highest BCUT2D eigenvalue weighted by Gasteiger charge is 2.19. The fourth-order valence-corrected chi connectivity index (χ4v) is 3.51. The third kappa shape index (κ3) is 4.92. The molecule has 1 N–H and O–H groups in total. The van der Waals surface area contributed by atoms with Crippen molar-refractivity contribution in [2.45, 2.75) is 25.0 Å². The number of pyridine rings is 1. The quantitative estimate of drug-likeness (QED) is 0.312. The fourth-order valence-electron chi connectivity index (χ4n) is 2.75. The molecular formula is C19H20N6O4S. The van der Waals surface area contributed by atoms with Gasteiger partial charge in [0.05, 0.1) is 23.9 Å². The number of nitrogens with zero attached hydrogens (tertiary/aromatic N) is 5. The molecule has 0 spiro atoms. The van der Waals surface area contributed by atoms with Gasteiger partial charge in [0.25, 0.3) is 5.69 Å². The smallest absolute Gasteiger partial charge is 0.296 e. The highest BCUT2D eigenvalue weighted by molar-refractivity contribution is 7.99. The van der Waals surface area contributed by atoms with Crippen LogP contribution in [0.25, 0.3) is 11.4 Å². The van der Waals surface area contributed by atoms with Gasteiger partial charge in [-0.25, -0.2) is 0 Å². The molecule has 0 aliphatic rings. The van der Waals surface area contributed by atoms with Crippen molar-refractivity contribution in [3.8, 4) is 17.1 Å². The van der Waals surface area contributed by atoms with E-state index in [0.29, 0.717) is 23.3 Å². The molecular weight excluding hydrogens is 408 g/mol. The molecule has 0 bridgehead atoms. The van der Waals surface area contributed by atoms with Crippen LogP contribution in [0.2, 0.25) is 0 Å². The molecule has 3 aromatic rings. The summed E-state index contributed by atoms with van der Waals surface area (Å²) in [6, 6.07) is 7.96. The van der Waals surface area contributed by atoms with Crippen molar-refractivity contribution in [2.24, 2.45) is 0 Å². The Bertz CT molecular complexity index is 1040. The third-order valence-electron chi connectivity index (χ3n) is 4.11. The average molecular weight is 428 g/mol. The molecule has 11 heteroatoms. The lowest BCUT2D eigenvalue weighted by Crippen LogP contribution is -2.15. The molecule has 0 atom stereocenters. The van der Waals surface area contributed by atoms with Gasteiger partial charge in [-0.2, -0.15) is 0 Å². The molecule has 3 rings (SSSR count). The van der Waals surface area contributed by atoms with Crippen molar-refractivity contribution in [2.75, 3.05) is 18.2 Å². The number of carbonyl (C=O) groups excluding carboxylic acids is 1. The number of hydrogen-bond acceptors (Lipinski definition) is 8. The van der Waals surface area contributed by atoms with Gasteiger partial charge in [-0.1, -0.05) is 18.7 Å². The van der Waals surface area contributed by atoms with Crippen LogP contribution in [0.15, 0.2) is 47.9 Å². The first-order chi connectivity index (χ1) is 14.5. The van der Waals surface area contributed by atoms with Crippen LogP contribution in [0.4, 0.5) is 11.4 Å². The van der Waals surface area contributed by atoms with Gasteiger partial charge in [-0.15, -0.1) is 10.2 Å². The Hall–Kier alpha value is -3.47. The summed E-state index contributed by atoms with van der Waals surface area (Å²) in [7, 11) is 1.42. The first-order valence-corrected chi connectivity index (χ1v) is 10.1. The molecule has 10 nitrogen and oxygen atoms in total. The predicted octanol–water partition coefficient (Wildman–Crippen LogP) is 3.40. The molecule has 1 aromatic carbocycles. The molecule has 0 saturated heterocycles. The maximum atomic E-state index is 12.4. The van der Waals surface area contributed by atoms with Gasteiger partial charge in [0.1, 0.15) is 11.4 Å². The number of nitro groups is 1. The van der Waals surface area contributed by atoms with Gasteiger partial charge in [0.15, 0.2) is 11.0 Å². The fraction of sp³-hybridized carbons (Fsp3) is 0.263. The van der Waals surface area contributed by atoms with E-state index in [2.05, 4.69) is 20.5 Å². The van der Waals surface area contributed by atoms with Gasteiger partial charge in [-0.3, -0.25) is 19.9 Å². The molecule has 0 saturated carbocycles. The number of benzene rings is 1. The second-order valence-electron chi connectivity index (χ2n) is 6.17. The highest BCUT2D eigenvalue weighted by atomic mass is 32.2. The molecule has 1 amide bonds. The summed E-state index contributed by atoms with van der Waals surface area (Å²) >= 11 is 1.22. The van der Waals surface area contributed by atoms with Gasteiger partial charge >= 0.3 is 0 Å². The number of thioether (sulfide) groups is 1. The number of nitrogens with one attached hydrogen (secondary N) is 1. The number of hydrogen-bond donors (Lipinski definition) is 1. The summed E-state index contributed by atoms with van der Waals surface area (Å²) in [6.07, 6.45) is 4.23. The van der Waals surface area contributed by atoms with Crippen molar-refractivity contribution in [1.82, 2.24) is 19.7 Å². The molecule has 2 heterocycles. The van der Waals surface area contributed by atoms with Crippen LogP contribution in [0.1, 0.15) is 13.3 Å². The summed E-state index contributed by atoms with van der Waals surface area (Å²) in [5, 5.41) is 22.9. The van der Waals surface area contributed by atoms with E-state index in [0.717, 1.165) is 12.0 Å². The van der Waals surface area contributed by atoms with Crippen molar-refractivity contribution < 1.29 is 14.5 Å². The first-order valence-electron chi connectivity index (χ1n) is 9.12. The molecule has 0 aliphatic heterocycles. The maximum absolute atomic E-state index is 12.4. The van der Waals surface area contributed by atoms with Gasteiger partial charge in [-0.05, 0) is 30.7 Å². The number of carbonyl (C=O) groups is 1. The zero-order valence-corrected chi connectivity index (χ0v) is 17.3. The Morgan fingerprint density at radius 3 is 2.70 bits per heavy atom. The lowest BCUT2D eigenvalue weighted by atomic mass is 10.2. The van der Waals surface area contributed by atoms with Crippen LogP contribution in [0.3, 0.4) is 0 Å². The number of aromatic nitrogens is 4. The van der Waals surface area contributed by atoms with Crippen LogP contribution in [0, 0.1) is 10.1 Å². The monoisotopic (exact) mass is 428 g/mol. The largest absolute Gasteiger partial charge is 0.496 e. The lowest BCUT2D eigenvalue weighted by Gasteiger charge is -2.09. The number of anilines is 1. The van der Waals surface area contributed by atoms with E-state index in [4.69, 9.17) is 4.74 Å². The zero-order valence-electron chi connectivity index (χ0n) is 16.4. The Labute approximate surface area is 176 Å². The van der Waals surface area contributed by atoms with E-state index in [1.165, 1.54) is 31.0 Å². The summed E-state index contributed by atoms with van der Waals surface area (Å²) in [5.41, 5.74) is 0.761. The Morgan fingerprint density at radius 2 is 2.03 bits per heavy atom. The van der Waals surface area contributed by atoms with Gasteiger partial charge < -0.3 is 14.6 Å². The topological polar surface area (TPSA) is 125 Å². The SMILES string of the molecule is CCCn1c(SCC(=O)Nc2ccc(OC)cc2[N+](=O)[O-])nnc1-c1ccncc1. The minimum atomic E-state index is -0.565. The molecule has 156 valence electrons. The number of rotatable bonds is 9. The third-order valence-corrected chi connectivity index (χ3v) is 5.08. The van der Waals surface area contributed by atoms with Gasteiger partial charge in [0.2, 0.25) is 5.91 Å². The summed E-state index contributed by atoms with van der Waals surface area (Å²) < 4.78 is 6.95. The highest BCUT2D eigenvalue weighted by Crippen LogP contribution is 2.29. The molecule has 0 fully saturated rings. The normalized spacial score (nSPS) is 10.6. The predicted molar refractivity (Wildman–Crippen MR) is 113 cm³/mol. The van der Waals surface area contributed by atoms with Crippen molar-refractivity contribution in [3.05, 3.63) is 52.8 Å². The molecule has 2 aromatic heterocycles. The van der Waals surface area contributed by atoms with E-state index < -0.39 is 4.92 Å². The van der Waals surface area contributed by atoms with Crippen molar-refractivity contribution >= 4 is 29.0 Å². The van der Waals surface area contributed by atoms with E-state index in [9.17, 15) is 14.9 Å². The summed E-state index contributed by atoms with van der Waals surface area (Å²) in [6.45, 7) is 2.73. The minimum absolute atomic E-state index is 0.0291. The molecule has 0 aliphatic carbocycles. The molecule has 30 heavy (non-hydrogen) atoms. The molecule has 0 unspecified atom stereocenters. The summed E-state index contributed by atoms with van der Waals surface area (Å²) in [4.78, 5) is 27.1. The van der Waals surface area contributed by atoms with Crippen molar-refractivity contribution in [1.29, 1.82) is 0 Å². The van der Waals surface area contributed by atoms with Crippen LogP contribution >= 0.6 is 11.8 Å². The molecule has 0 radical (unpaired) electrons. The number of methoxy groups -OCH3 is 1. The number of nitro benzene ring substituents is 1. The standard InChI is InChI=1S/C19H20N6O4S/c1-3-10-24-18(13-6-8-20-9-7-13)22-23-19(24)30-12-17(26)21-15-5-4-14(29-2)11-16(15)25(27)28/h4-9,11H,3,10,12H2,1-2H3,(H,21,26). The van der Waals surface area contributed by atoms with E-state index in [1.54, 1.807) is 18.5 Å². The average Bonchev–Trinajstić information content (AvgIpc) is 3.16. The van der Waals surface area contributed by atoms with E-state index in [-0.39, 0.29) is 23.0 Å². The minimum Gasteiger partial charge on any atom is -0.496 e. The summed E-state index contributed by atoms with van der Waals surface area (Å²) in [5.74, 6) is 0.685. The van der Waals surface area contributed by atoms with Gasteiger partial charge in [0, 0.05) is 24.5 Å². The van der Waals surface area contributed by atoms with Crippen LogP contribution in [0.5, 0.6) is 5.75 Å². The van der Waals surface area contributed by atoms with Crippen LogP contribution in [-0.2, 0) is 11.3 Å². The number of ether oxygens (including phenoxy) is 1. The van der Waals surface area contributed by atoms with Crippen LogP contribution < -0.4 is 10.1 Å². The second-order valence-corrected chi connectivity index (χ2v) is 7.11. The number of amides is 1.